The highest BCUT2D eigenvalue weighted by molar-refractivity contribution is 5.78. The van der Waals surface area contributed by atoms with E-state index in [0.717, 1.165) is 31.7 Å². The third-order valence-electron chi connectivity index (χ3n) is 5.02. The third-order valence-corrected chi connectivity index (χ3v) is 5.02. The minimum absolute atomic E-state index is 0.0124. The molecule has 0 saturated carbocycles. The van der Waals surface area contributed by atoms with Crippen LogP contribution in [0.4, 0.5) is 0 Å². The first kappa shape index (κ1) is 21.0. The zero-order chi connectivity index (χ0) is 19.8. The molecule has 150 valence electrons. The summed E-state index contributed by atoms with van der Waals surface area (Å²) in [5.41, 5.74) is 1.06. The fraction of sp³-hybridized carbons (Fsp3) is 0.600. The van der Waals surface area contributed by atoms with Crippen LogP contribution >= 0.6 is 0 Å². The molecule has 7 nitrogen and oxygen atoms in total. The molecule has 1 aliphatic rings. The number of nitrogens with zero attached hydrogens (tertiary/aromatic N) is 3. The number of carbonyl (C=O) groups is 2. The normalized spacial score (nSPS) is 14.7. The van der Waals surface area contributed by atoms with Crippen LogP contribution in [0.1, 0.15) is 18.9 Å². The van der Waals surface area contributed by atoms with E-state index in [9.17, 15) is 9.59 Å². The largest absolute Gasteiger partial charge is 0.493 e. The van der Waals surface area contributed by atoms with Gasteiger partial charge in [-0.3, -0.25) is 9.59 Å². The monoisotopic (exact) mass is 377 g/mol. The van der Waals surface area contributed by atoms with Crippen molar-refractivity contribution < 1.29 is 19.1 Å². The standard InChI is InChI=1S/C20H31N3O4/c1-16(24)22(10-8-20(25)23-13-11-21(2)12-14-23)9-7-17-5-6-18(26-3)19(15-17)27-4/h5-6,15H,7-14H2,1-4H3. The number of likely N-dealkylation sites (N-methyl/N-ethyl adjacent to an activating group) is 1. The van der Waals surface area contributed by atoms with Crippen LogP contribution in [0.2, 0.25) is 0 Å². The number of piperazine rings is 1. The Bertz CT molecular complexity index is 642. The van der Waals surface area contributed by atoms with Gasteiger partial charge in [0.15, 0.2) is 11.5 Å². The number of carbonyl (C=O) groups excluding carboxylic acids is 2. The number of amides is 2. The molecule has 0 aliphatic carbocycles. The molecule has 7 heteroatoms. The Hall–Kier alpha value is -2.28. The maximum Gasteiger partial charge on any atom is 0.224 e. The summed E-state index contributed by atoms with van der Waals surface area (Å²) in [4.78, 5) is 30.2. The van der Waals surface area contributed by atoms with E-state index in [1.54, 1.807) is 26.0 Å². The van der Waals surface area contributed by atoms with Gasteiger partial charge in [0.1, 0.15) is 0 Å². The van der Waals surface area contributed by atoms with Crippen LogP contribution in [-0.4, -0.2) is 87.0 Å². The summed E-state index contributed by atoms with van der Waals surface area (Å²) in [7, 11) is 5.27. The predicted octanol–water partition coefficient (Wildman–Crippen LogP) is 1.26. The molecule has 2 rings (SSSR count). The molecule has 0 spiro atoms. The smallest absolute Gasteiger partial charge is 0.224 e. The molecule has 1 aliphatic heterocycles. The minimum atomic E-state index is -0.0124. The van der Waals surface area contributed by atoms with Crippen LogP contribution in [0, 0.1) is 0 Å². The van der Waals surface area contributed by atoms with Crippen LogP contribution in [0.25, 0.3) is 0 Å². The van der Waals surface area contributed by atoms with Crippen molar-refractivity contribution in [2.24, 2.45) is 0 Å². The van der Waals surface area contributed by atoms with Crippen molar-refractivity contribution in [3.05, 3.63) is 23.8 Å². The van der Waals surface area contributed by atoms with Gasteiger partial charge in [-0.15, -0.1) is 0 Å². The van der Waals surface area contributed by atoms with Crippen molar-refractivity contribution in [2.45, 2.75) is 19.8 Å². The number of benzene rings is 1. The lowest BCUT2D eigenvalue weighted by Crippen LogP contribution is -2.48. The number of hydrogen-bond donors (Lipinski definition) is 0. The SMILES string of the molecule is COc1ccc(CCN(CCC(=O)N2CCN(C)CC2)C(C)=O)cc1OC. The van der Waals surface area contributed by atoms with E-state index in [2.05, 4.69) is 11.9 Å². The highest BCUT2D eigenvalue weighted by Gasteiger charge is 2.20. The van der Waals surface area contributed by atoms with E-state index in [4.69, 9.17) is 9.47 Å². The van der Waals surface area contributed by atoms with E-state index in [-0.39, 0.29) is 11.8 Å². The summed E-state index contributed by atoms with van der Waals surface area (Å²) in [6, 6.07) is 5.75. The summed E-state index contributed by atoms with van der Waals surface area (Å²) in [5, 5.41) is 0. The fourth-order valence-corrected chi connectivity index (χ4v) is 3.17. The summed E-state index contributed by atoms with van der Waals surface area (Å²) < 4.78 is 10.6. The van der Waals surface area contributed by atoms with Gasteiger partial charge in [-0.25, -0.2) is 0 Å². The number of hydrogen-bond acceptors (Lipinski definition) is 5. The van der Waals surface area contributed by atoms with Crippen molar-refractivity contribution in [1.82, 2.24) is 14.7 Å². The highest BCUT2D eigenvalue weighted by atomic mass is 16.5. The molecule has 0 aromatic heterocycles. The van der Waals surface area contributed by atoms with Gasteiger partial charge in [-0.2, -0.15) is 0 Å². The molecular formula is C20H31N3O4. The molecule has 1 aromatic carbocycles. The number of methoxy groups -OCH3 is 2. The first-order valence-electron chi connectivity index (χ1n) is 9.37. The molecule has 0 bridgehead atoms. The average molecular weight is 377 g/mol. The lowest BCUT2D eigenvalue weighted by molar-refractivity contribution is -0.134. The van der Waals surface area contributed by atoms with Gasteiger partial charge in [0, 0.05) is 52.6 Å². The lowest BCUT2D eigenvalue weighted by Gasteiger charge is -2.33. The van der Waals surface area contributed by atoms with Gasteiger partial charge in [-0.1, -0.05) is 6.07 Å². The molecule has 0 N–H and O–H groups in total. The maximum absolute atomic E-state index is 12.4. The first-order valence-corrected chi connectivity index (χ1v) is 9.37. The van der Waals surface area contributed by atoms with E-state index in [0.29, 0.717) is 37.4 Å². The molecule has 2 amide bonds. The van der Waals surface area contributed by atoms with Crippen molar-refractivity contribution in [3.63, 3.8) is 0 Å². The maximum atomic E-state index is 12.4. The lowest BCUT2D eigenvalue weighted by atomic mass is 10.1. The Balaban J connectivity index is 1.86. The Morgan fingerprint density at radius 1 is 1.04 bits per heavy atom. The van der Waals surface area contributed by atoms with E-state index < -0.39 is 0 Å². The molecular weight excluding hydrogens is 346 g/mol. The summed E-state index contributed by atoms with van der Waals surface area (Å²) in [6.45, 7) is 5.91. The van der Waals surface area contributed by atoms with Gasteiger partial charge >= 0.3 is 0 Å². The van der Waals surface area contributed by atoms with Gasteiger partial charge in [0.05, 0.1) is 14.2 Å². The van der Waals surface area contributed by atoms with E-state index in [1.807, 2.05) is 23.1 Å². The number of rotatable bonds is 8. The van der Waals surface area contributed by atoms with Gasteiger partial charge in [0.2, 0.25) is 11.8 Å². The average Bonchev–Trinajstić information content (AvgIpc) is 2.67. The van der Waals surface area contributed by atoms with Crippen molar-refractivity contribution in [1.29, 1.82) is 0 Å². The van der Waals surface area contributed by atoms with Gasteiger partial charge in [-0.05, 0) is 31.2 Å². The second-order valence-electron chi connectivity index (χ2n) is 6.88. The molecule has 0 radical (unpaired) electrons. The van der Waals surface area contributed by atoms with Crippen LogP contribution in [-0.2, 0) is 16.0 Å². The Kier molecular flexibility index (Phi) is 7.91. The second kappa shape index (κ2) is 10.2. The molecule has 1 heterocycles. The van der Waals surface area contributed by atoms with Crippen LogP contribution < -0.4 is 9.47 Å². The zero-order valence-electron chi connectivity index (χ0n) is 16.9. The Morgan fingerprint density at radius 3 is 2.30 bits per heavy atom. The Morgan fingerprint density at radius 2 is 1.70 bits per heavy atom. The molecule has 0 atom stereocenters. The molecule has 1 fully saturated rings. The van der Waals surface area contributed by atoms with Crippen molar-refractivity contribution in [3.8, 4) is 11.5 Å². The van der Waals surface area contributed by atoms with Crippen LogP contribution in [0.5, 0.6) is 11.5 Å². The predicted molar refractivity (Wildman–Crippen MR) is 104 cm³/mol. The molecule has 1 saturated heterocycles. The fourth-order valence-electron chi connectivity index (χ4n) is 3.17. The zero-order valence-corrected chi connectivity index (χ0v) is 16.9. The third kappa shape index (κ3) is 6.13. The van der Waals surface area contributed by atoms with Gasteiger partial charge < -0.3 is 24.2 Å². The van der Waals surface area contributed by atoms with Crippen molar-refractivity contribution >= 4 is 11.8 Å². The van der Waals surface area contributed by atoms with E-state index in [1.165, 1.54) is 0 Å². The van der Waals surface area contributed by atoms with Crippen LogP contribution in [0.15, 0.2) is 18.2 Å². The Labute approximate surface area is 161 Å². The summed E-state index contributed by atoms with van der Waals surface area (Å²) >= 11 is 0. The molecule has 0 unspecified atom stereocenters. The molecule has 27 heavy (non-hydrogen) atoms. The quantitative estimate of drug-likeness (QED) is 0.683. The van der Waals surface area contributed by atoms with Crippen LogP contribution in [0.3, 0.4) is 0 Å². The van der Waals surface area contributed by atoms with E-state index >= 15 is 0 Å². The van der Waals surface area contributed by atoms with Crippen molar-refractivity contribution in [2.75, 3.05) is 60.5 Å². The summed E-state index contributed by atoms with van der Waals surface area (Å²) in [6.07, 6.45) is 1.07. The topological polar surface area (TPSA) is 62.3 Å². The minimum Gasteiger partial charge on any atom is -0.493 e. The van der Waals surface area contributed by atoms with Gasteiger partial charge in [0.25, 0.3) is 0 Å². The second-order valence-corrected chi connectivity index (χ2v) is 6.88. The summed E-state index contributed by atoms with van der Waals surface area (Å²) in [5.74, 6) is 1.47. The first-order chi connectivity index (χ1) is 12.9. The molecule has 1 aromatic rings. The number of ether oxygens (including phenoxy) is 2. The highest BCUT2D eigenvalue weighted by Crippen LogP contribution is 2.27.